The maximum absolute atomic E-state index is 12.7. The van der Waals surface area contributed by atoms with Crippen LogP contribution in [0.5, 0.6) is 0 Å². The number of carbonyl (C=O) groups excluding carboxylic acids is 2. The zero-order valence-electron chi connectivity index (χ0n) is 14.7. The van der Waals surface area contributed by atoms with Gasteiger partial charge in [0.1, 0.15) is 0 Å². The van der Waals surface area contributed by atoms with Crippen LogP contribution in [-0.2, 0) is 9.59 Å². The molecule has 2 amide bonds. The van der Waals surface area contributed by atoms with Crippen LogP contribution in [0.4, 0.5) is 0 Å². The molecule has 126 valence electrons. The smallest absolute Gasteiger partial charge is 0.226 e. The summed E-state index contributed by atoms with van der Waals surface area (Å²) in [6.45, 7) is 9.19. The molecule has 0 aliphatic carbocycles. The van der Waals surface area contributed by atoms with E-state index in [9.17, 15) is 9.59 Å². The summed E-state index contributed by atoms with van der Waals surface area (Å²) < 4.78 is 0. The fraction of sp³-hybridized carbons (Fsp3) is 0.611. The lowest BCUT2D eigenvalue weighted by Crippen LogP contribution is -2.41. The molecule has 1 aliphatic rings. The first kappa shape index (κ1) is 17.4. The minimum atomic E-state index is -0.361. The van der Waals surface area contributed by atoms with Gasteiger partial charge in [-0.05, 0) is 23.0 Å². The Morgan fingerprint density at radius 1 is 1.48 bits per heavy atom. The third-order valence-electron chi connectivity index (χ3n) is 5.23. The second kappa shape index (κ2) is 6.69. The van der Waals surface area contributed by atoms with E-state index >= 15 is 0 Å². The van der Waals surface area contributed by atoms with Crippen molar-refractivity contribution in [3.63, 3.8) is 0 Å². The van der Waals surface area contributed by atoms with Crippen molar-refractivity contribution >= 4 is 11.8 Å². The summed E-state index contributed by atoms with van der Waals surface area (Å²) >= 11 is 0. The minimum Gasteiger partial charge on any atom is -0.355 e. The van der Waals surface area contributed by atoms with E-state index in [0.717, 1.165) is 5.56 Å². The van der Waals surface area contributed by atoms with E-state index in [0.29, 0.717) is 12.5 Å². The van der Waals surface area contributed by atoms with Crippen LogP contribution in [0.25, 0.3) is 0 Å². The summed E-state index contributed by atoms with van der Waals surface area (Å²) in [6.07, 6.45) is 3.68. The molecule has 1 aliphatic heterocycles. The van der Waals surface area contributed by atoms with Crippen LogP contribution < -0.4 is 5.32 Å². The molecule has 1 N–H and O–H groups in total. The number of hydrogen-bond acceptors (Lipinski definition) is 3. The summed E-state index contributed by atoms with van der Waals surface area (Å²) in [6, 6.07) is 3.52. The molecule has 1 saturated heterocycles. The van der Waals surface area contributed by atoms with Gasteiger partial charge in [-0.25, -0.2) is 0 Å². The molecule has 0 unspecified atom stereocenters. The molecule has 1 aromatic heterocycles. The molecule has 0 spiro atoms. The zero-order chi connectivity index (χ0) is 17.2. The molecule has 1 fully saturated rings. The summed E-state index contributed by atoms with van der Waals surface area (Å²) in [5.74, 6) is 0.0527. The number of hydrogen-bond donors (Lipinski definition) is 1. The summed E-state index contributed by atoms with van der Waals surface area (Å²) in [5.41, 5.74) is 0.928. The second-order valence-corrected chi connectivity index (χ2v) is 7.41. The van der Waals surface area contributed by atoms with Crippen LogP contribution >= 0.6 is 0 Å². The van der Waals surface area contributed by atoms with Gasteiger partial charge in [-0.1, -0.05) is 33.8 Å². The van der Waals surface area contributed by atoms with Crippen molar-refractivity contribution in [3.8, 4) is 0 Å². The topological polar surface area (TPSA) is 62.3 Å². The van der Waals surface area contributed by atoms with Crippen LogP contribution in [0, 0.1) is 17.3 Å². The Hall–Kier alpha value is -1.91. The lowest BCUT2D eigenvalue weighted by atomic mass is 9.81. The van der Waals surface area contributed by atoms with Crippen LogP contribution in [0.1, 0.15) is 45.7 Å². The van der Waals surface area contributed by atoms with E-state index in [4.69, 9.17) is 0 Å². The van der Waals surface area contributed by atoms with E-state index in [2.05, 4.69) is 38.0 Å². The first-order valence-corrected chi connectivity index (χ1v) is 8.17. The fourth-order valence-corrected chi connectivity index (χ4v) is 2.76. The molecule has 23 heavy (non-hydrogen) atoms. The standard InChI is InChI=1S/C18H27N3O2/c1-12(2)18(3,4)11-20-17(23)14-9-15(22)21(5)16(14)13-7-6-8-19-10-13/h6-8,10,12,14,16H,9,11H2,1-5H3,(H,20,23)/t14-,16+/m1/s1. The minimum absolute atomic E-state index is 0.00197. The van der Waals surface area contributed by atoms with Gasteiger partial charge in [0, 0.05) is 32.4 Å². The molecule has 0 bridgehead atoms. The molecular formula is C18H27N3O2. The highest BCUT2D eigenvalue weighted by molar-refractivity contribution is 5.90. The molecule has 5 heteroatoms. The van der Waals surface area contributed by atoms with Gasteiger partial charge in [0.2, 0.25) is 11.8 Å². The average molecular weight is 317 g/mol. The second-order valence-electron chi connectivity index (χ2n) is 7.41. The number of amides is 2. The van der Waals surface area contributed by atoms with Gasteiger partial charge in [-0.2, -0.15) is 0 Å². The maximum atomic E-state index is 12.7. The largest absolute Gasteiger partial charge is 0.355 e. The van der Waals surface area contributed by atoms with Gasteiger partial charge in [-0.3, -0.25) is 14.6 Å². The van der Waals surface area contributed by atoms with Crippen LogP contribution in [0.3, 0.4) is 0 Å². The van der Waals surface area contributed by atoms with Crippen molar-refractivity contribution in [1.82, 2.24) is 15.2 Å². The number of rotatable bonds is 5. The zero-order valence-corrected chi connectivity index (χ0v) is 14.7. The number of aromatic nitrogens is 1. The van der Waals surface area contributed by atoms with Gasteiger partial charge < -0.3 is 10.2 Å². The van der Waals surface area contributed by atoms with Crippen molar-refractivity contribution < 1.29 is 9.59 Å². The lowest BCUT2D eigenvalue weighted by molar-refractivity contribution is -0.128. The van der Waals surface area contributed by atoms with Crippen molar-refractivity contribution in [2.75, 3.05) is 13.6 Å². The number of likely N-dealkylation sites (tertiary alicyclic amines) is 1. The fourth-order valence-electron chi connectivity index (χ4n) is 2.76. The molecule has 0 aromatic carbocycles. The monoisotopic (exact) mass is 317 g/mol. The van der Waals surface area contributed by atoms with E-state index in [-0.39, 0.29) is 35.6 Å². The van der Waals surface area contributed by atoms with E-state index < -0.39 is 0 Å². The Kier molecular flexibility index (Phi) is 5.07. The molecule has 5 nitrogen and oxygen atoms in total. The summed E-state index contributed by atoms with van der Waals surface area (Å²) in [7, 11) is 1.76. The predicted octanol–water partition coefficient (Wildman–Crippen LogP) is 2.40. The molecule has 0 radical (unpaired) electrons. The molecule has 0 saturated carbocycles. The summed E-state index contributed by atoms with van der Waals surface area (Å²) in [5, 5.41) is 3.05. The third kappa shape index (κ3) is 3.71. The van der Waals surface area contributed by atoms with Gasteiger partial charge >= 0.3 is 0 Å². The highest BCUT2D eigenvalue weighted by Crippen LogP contribution is 2.37. The average Bonchev–Trinajstić information content (AvgIpc) is 2.81. The van der Waals surface area contributed by atoms with Crippen molar-refractivity contribution in [2.45, 2.75) is 40.2 Å². The predicted molar refractivity (Wildman–Crippen MR) is 89.5 cm³/mol. The quantitative estimate of drug-likeness (QED) is 0.907. The number of nitrogens with one attached hydrogen (secondary N) is 1. The molecule has 1 aromatic rings. The van der Waals surface area contributed by atoms with Crippen LogP contribution in [0.2, 0.25) is 0 Å². The van der Waals surface area contributed by atoms with Gasteiger partial charge in [0.15, 0.2) is 0 Å². The highest BCUT2D eigenvalue weighted by atomic mass is 16.2. The molecule has 2 heterocycles. The SMILES string of the molecule is CC(C)C(C)(C)CNC(=O)[C@@H]1CC(=O)N(C)[C@H]1c1cccnc1. The van der Waals surface area contributed by atoms with Crippen molar-refractivity contribution in [2.24, 2.45) is 17.3 Å². The summed E-state index contributed by atoms with van der Waals surface area (Å²) in [4.78, 5) is 30.6. The molecular weight excluding hydrogens is 290 g/mol. The third-order valence-corrected chi connectivity index (χ3v) is 5.23. The number of pyridine rings is 1. The molecule has 2 rings (SSSR count). The van der Waals surface area contributed by atoms with E-state index in [1.807, 2.05) is 12.1 Å². The van der Waals surface area contributed by atoms with Crippen LogP contribution in [-0.4, -0.2) is 35.3 Å². The van der Waals surface area contributed by atoms with E-state index in [1.165, 1.54) is 0 Å². The van der Waals surface area contributed by atoms with Crippen LogP contribution in [0.15, 0.2) is 24.5 Å². The number of nitrogens with zero attached hydrogens (tertiary/aromatic N) is 2. The van der Waals surface area contributed by atoms with E-state index in [1.54, 1.807) is 24.3 Å². The van der Waals surface area contributed by atoms with Crippen molar-refractivity contribution in [1.29, 1.82) is 0 Å². The Balaban J connectivity index is 2.13. The first-order chi connectivity index (χ1) is 10.7. The Morgan fingerprint density at radius 3 is 2.74 bits per heavy atom. The highest BCUT2D eigenvalue weighted by Gasteiger charge is 2.43. The first-order valence-electron chi connectivity index (χ1n) is 8.17. The lowest BCUT2D eigenvalue weighted by Gasteiger charge is -2.31. The molecule has 2 atom stereocenters. The normalized spacial score (nSPS) is 21.8. The van der Waals surface area contributed by atoms with Gasteiger partial charge in [0.25, 0.3) is 0 Å². The maximum Gasteiger partial charge on any atom is 0.226 e. The Bertz CT molecular complexity index is 569. The van der Waals surface area contributed by atoms with Gasteiger partial charge in [-0.15, -0.1) is 0 Å². The van der Waals surface area contributed by atoms with Gasteiger partial charge in [0.05, 0.1) is 12.0 Å². The van der Waals surface area contributed by atoms with Crippen molar-refractivity contribution in [3.05, 3.63) is 30.1 Å². The Labute approximate surface area is 138 Å². The number of carbonyl (C=O) groups is 2. The Morgan fingerprint density at radius 2 is 2.17 bits per heavy atom.